The lowest BCUT2D eigenvalue weighted by Gasteiger charge is -2.16. The van der Waals surface area contributed by atoms with Gasteiger partial charge in [0.15, 0.2) is 0 Å². The quantitative estimate of drug-likeness (QED) is 0.675. The fourth-order valence-electron chi connectivity index (χ4n) is 3.35. The van der Waals surface area contributed by atoms with E-state index in [9.17, 15) is 0 Å². The number of ether oxygens (including phenoxy) is 1. The monoisotopic (exact) mass is 352 g/mol. The number of hydrogen-bond acceptors (Lipinski definition) is 6. The molecule has 0 radical (unpaired) electrons. The molecule has 0 aliphatic carbocycles. The van der Waals surface area contributed by atoms with Crippen LogP contribution in [0.2, 0.25) is 0 Å². The molecule has 1 saturated heterocycles. The van der Waals surface area contributed by atoms with Gasteiger partial charge in [0, 0.05) is 57.0 Å². The highest BCUT2D eigenvalue weighted by molar-refractivity contribution is 5.29. The Morgan fingerprint density at radius 1 is 1.23 bits per heavy atom. The molecule has 3 aromatic heterocycles. The van der Waals surface area contributed by atoms with Crippen molar-refractivity contribution in [3.63, 3.8) is 0 Å². The smallest absolute Gasteiger partial charge is 0.233 e. The van der Waals surface area contributed by atoms with Gasteiger partial charge in [-0.1, -0.05) is 0 Å². The molecule has 26 heavy (non-hydrogen) atoms. The van der Waals surface area contributed by atoms with Crippen molar-refractivity contribution in [3.8, 4) is 5.75 Å². The van der Waals surface area contributed by atoms with E-state index in [0.717, 1.165) is 55.5 Å². The first kappa shape index (κ1) is 16.9. The van der Waals surface area contributed by atoms with E-state index in [1.165, 1.54) is 0 Å². The highest BCUT2D eigenvalue weighted by atomic mass is 16.5. The van der Waals surface area contributed by atoms with Gasteiger partial charge in [0.25, 0.3) is 0 Å². The van der Waals surface area contributed by atoms with Gasteiger partial charge < -0.3 is 9.64 Å². The Hall–Kier alpha value is -2.51. The van der Waals surface area contributed by atoms with Gasteiger partial charge in [0.2, 0.25) is 5.78 Å². The molecule has 7 nitrogen and oxygen atoms in total. The summed E-state index contributed by atoms with van der Waals surface area (Å²) in [5, 5.41) is 0. The molecule has 136 valence electrons. The third-order valence-corrected chi connectivity index (χ3v) is 4.47. The molecule has 0 aromatic carbocycles. The van der Waals surface area contributed by atoms with Gasteiger partial charge in [-0.05, 0) is 32.6 Å². The fraction of sp³-hybridized carbons (Fsp3) is 0.421. The van der Waals surface area contributed by atoms with Crippen LogP contribution >= 0.6 is 0 Å². The van der Waals surface area contributed by atoms with Crippen molar-refractivity contribution in [1.82, 2.24) is 29.2 Å². The summed E-state index contributed by atoms with van der Waals surface area (Å²) in [6, 6.07) is 5.89. The minimum atomic E-state index is 0.208. The molecule has 0 spiro atoms. The van der Waals surface area contributed by atoms with Crippen molar-refractivity contribution >= 4 is 5.78 Å². The molecular formula is C19H24N6O. The minimum absolute atomic E-state index is 0.208. The van der Waals surface area contributed by atoms with Gasteiger partial charge >= 0.3 is 0 Å². The third kappa shape index (κ3) is 4.00. The Balaban J connectivity index is 1.35. The van der Waals surface area contributed by atoms with Crippen LogP contribution in [0.15, 0.2) is 43.0 Å². The van der Waals surface area contributed by atoms with E-state index in [4.69, 9.17) is 4.74 Å². The van der Waals surface area contributed by atoms with Gasteiger partial charge in [-0.3, -0.25) is 14.3 Å². The maximum absolute atomic E-state index is 6.19. The van der Waals surface area contributed by atoms with Crippen LogP contribution < -0.4 is 4.74 Å². The lowest BCUT2D eigenvalue weighted by Crippen LogP contribution is -2.24. The molecule has 4 rings (SSSR count). The number of rotatable bonds is 6. The number of likely N-dealkylation sites (tertiary alicyclic amines) is 1. The lowest BCUT2D eigenvalue weighted by atomic mass is 10.3. The van der Waals surface area contributed by atoms with Gasteiger partial charge in [0.1, 0.15) is 11.9 Å². The van der Waals surface area contributed by atoms with E-state index in [2.05, 4.69) is 24.8 Å². The zero-order chi connectivity index (χ0) is 17.9. The van der Waals surface area contributed by atoms with Gasteiger partial charge in [-0.2, -0.15) is 0 Å². The summed E-state index contributed by atoms with van der Waals surface area (Å²) in [4.78, 5) is 17.7. The average Bonchev–Trinajstić information content (AvgIpc) is 3.21. The van der Waals surface area contributed by atoms with Crippen LogP contribution in [0.5, 0.6) is 5.75 Å². The zero-order valence-electron chi connectivity index (χ0n) is 15.2. The number of hydrogen-bond donors (Lipinski definition) is 0. The predicted octanol–water partition coefficient (Wildman–Crippen LogP) is 1.84. The van der Waals surface area contributed by atoms with Crippen LogP contribution in [0.25, 0.3) is 5.78 Å². The Labute approximate surface area is 153 Å². The van der Waals surface area contributed by atoms with Crippen molar-refractivity contribution < 1.29 is 4.74 Å². The molecule has 1 aliphatic rings. The Morgan fingerprint density at radius 2 is 2.15 bits per heavy atom. The van der Waals surface area contributed by atoms with E-state index >= 15 is 0 Å². The van der Waals surface area contributed by atoms with Crippen LogP contribution in [0.3, 0.4) is 0 Å². The number of imidazole rings is 1. The molecule has 1 fully saturated rings. The summed E-state index contributed by atoms with van der Waals surface area (Å²) in [7, 11) is 4.08. The van der Waals surface area contributed by atoms with Crippen molar-refractivity contribution in [3.05, 3.63) is 54.4 Å². The van der Waals surface area contributed by atoms with E-state index in [1.54, 1.807) is 6.20 Å². The van der Waals surface area contributed by atoms with Gasteiger partial charge in [-0.15, -0.1) is 0 Å². The SMILES string of the molecule is CN(C)Cc1cc(OC2CCN(Cc3cn4cccnc4n3)C2)ccn1. The molecular weight excluding hydrogens is 328 g/mol. The lowest BCUT2D eigenvalue weighted by molar-refractivity contribution is 0.197. The second-order valence-corrected chi connectivity index (χ2v) is 7.04. The van der Waals surface area contributed by atoms with Crippen molar-refractivity contribution in [2.24, 2.45) is 0 Å². The van der Waals surface area contributed by atoms with Crippen LogP contribution in [0, 0.1) is 0 Å². The summed E-state index contributed by atoms with van der Waals surface area (Å²) in [5.74, 6) is 1.65. The first-order chi connectivity index (χ1) is 12.7. The van der Waals surface area contributed by atoms with E-state index in [1.807, 2.05) is 55.3 Å². The number of pyridine rings is 1. The van der Waals surface area contributed by atoms with Crippen LogP contribution in [-0.4, -0.2) is 62.4 Å². The highest BCUT2D eigenvalue weighted by Crippen LogP contribution is 2.20. The first-order valence-corrected chi connectivity index (χ1v) is 8.93. The summed E-state index contributed by atoms with van der Waals surface area (Å²) in [6.45, 7) is 3.57. The van der Waals surface area contributed by atoms with E-state index < -0.39 is 0 Å². The molecule has 0 N–H and O–H groups in total. The van der Waals surface area contributed by atoms with Crippen molar-refractivity contribution in [1.29, 1.82) is 0 Å². The Kier molecular flexibility index (Phi) is 4.81. The van der Waals surface area contributed by atoms with Crippen LogP contribution in [0.4, 0.5) is 0 Å². The number of nitrogens with zero attached hydrogens (tertiary/aromatic N) is 6. The maximum Gasteiger partial charge on any atom is 0.233 e. The normalized spacial score (nSPS) is 18.0. The van der Waals surface area contributed by atoms with Gasteiger partial charge in [-0.25, -0.2) is 9.97 Å². The number of aromatic nitrogens is 4. The Bertz CT molecular complexity index is 844. The Morgan fingerprint density at radius 3 is 3.00 bits per heavy atom. The fourth-order valence-corrected chi connectivity index (χ4v) is 3.35. The number of fused-ring (bicyclic) bond motifs is 1. The second-order valence-electron chi connectivity index (χ2n) is 7.04. The minimum Gasteiger partial charge on any atom is -0.489 e. The molecule has 1 aliphatic heterocycles. The van der Waals surface area contributed by atoms with Gasteiger partial charge in [0.05, 0.1) is 11.4 Å². The van der Waals surface area contributed by atoms with Crippen molar-refractivity contribution in [2.75, 3.05) is 27.2 Å². The second kappa shape index (κ2) is 7.39. The van der Waals surface area contributed by atoms with Crippen LogP contribution in [-0.2, 0) is 13.1 Å². The zero-order valence-corrected chi connectivity index (χ0v) is 15.2. The summed E-state index contributed by atoms with van der Waals surface area (Å²) < 4.78 is 8.15. The summed E-state index contributed by atoms with van der Waals surface area (Å²) in [5.41, 5.74) is 2.07. The van der Waals surface area contributed by atoms with E-state index in [-0.39, 0.29) is 6.10 Å². The predicted molar refractivity (Wildman–Crippen MR) is 98.9 cm³/mol. The van der Waals surface area contributed by atoms with Crippen molar-refractivity contribution in [2.45, 2.75) is 25.6 Å². The average molecular weight is 352 g/mol. The molecule has 0 amide bonds. The topological polar surface area (TPSA) is 58.8 Å². The molecule has 7 heteroatoms. The highest BCUT2D eigenvalue weighted by Gasteiger charge is 2.24. The maximum atomic E-state index is 6.19. The first-order valence-electron chi connectivity index (χ1n) is 8.93. The molecule has 4 heterocycles. The standard InChI is InChI=1S/C19H24N6O/c1-23(2)11-15-10-17(4-7-20-15)26-18-5-9-24(14-18)12-16-13-25-8-3-6-21-19(25)22-16/h3-4,6-8,10,13,18H,5,9,11-12,14H2,1-2H3. The molecule has 3 aromatic rings. The summed E-state index contributed by atoms with van der Waals surface area (Å²) >= 11 is 0. The molecule has 1 unspecified atom stereocenters. The van der Waals surface area contributed by atoms with Crippen LogP contribution in [0.1, 0.15) is 17.8 Å². The largest absolute Gasteiger partial charge is 0.489 e. The summed E-state index contributed by atoms with van der Waals surface area (Å²) in [6.07, 6.45) is 8.85. The molecule has 0 saturated carbocycles. The molecule has 0 bridgehead atoms. The van der Waals surface area contributed by atoms with E-state index in [0.29, 0.717) is 0 Å². The molecule has 1 atom stereocenters. The third-order valence-electron chi connectivity index (χ3n) is 4.47.